The van der Waals surface area contributed by atoms with Gasteiger partial charge in [0.05, 0.1) is 43.2 Å². The fourth-order valence-corrected chi connectivity index (χ4v) is 9.00. The number of anilines is 1. The second-order valence-electron chi connectivity index (χ2n) is 18.6. The summed E-state index contributed by atoms with van der Waals surface area (Å²) in [5, 5.41) is 0.855. The zero-order valence-corrected chi connectivity index (χ0v) is 39.3. The molecule has 0 bridgehead atoms. The molecule has 0 saturated carbocycles. The Hall–Kier alpha value is -4.10. The highest BCUT2D eigenvalue weighted by Crippen LogP contribution is 2.47. The summed E-state index contributed by atoms with van der Waals surface area (Å²) in [5.41, 5.74) is 11.4. The van der Waals surface area contributed by atoms with E-state index in [0.717, 1.165) is 77.5 Å². The number of nitrogens with zero attached hydrogens (tertiary/aromatic N) is 3. The first-order chi connectivity index (χ1) is 27.3. The number of hydrogen-bond donors (Lipinski definition) is 0. The number of esters is 2. The number of quaternary nitrogens is 1. The number of carbonyl (C=O) groups is 2. The van der Waals surface area contributed by atoms with Gasteiger partial charge in [0, 0.05) is 52.4 Å². The molecule has 3 heterocycles. The van der Waals surface area contributed by atoms with Gasteiger partial charge in [0.25, 0.3) is 0 Å². The molecule has 3 aromatic rings. The Kier molecular flexibility index (Phi) is 15.6. The summed E-state index contributed by atoms with van der Waals surface area (Å²) in [6.45, 7) is 20.2. The largest absolute Gasteiger partial charge is 1.00 e. The van der Waals surface area contributed by atoms with Crippen molar-refractivity contribution in [3.8, 4) is 5.75 Å². The van der Waals surface area contributed by atoms with Crippen molar-refractivity contribution in [3.63, 3.8) is 0 Å². The molecule has 3 aliphatic rings. The maximum absolute atomic E-state index is 13.0. The van der Waals surface area contributed by atoms with Gasteiger partial charge in [-0.25, -0.2) is 4.79 Å². The summed E-state index contributed by atoms with van der Waals surface area (Å²) in [7, 11) is 4.53. The molecule has 6 rings (SSSR count). The third-order valence-corrected chi connectivity index (χ3v) is 12.1. The first-order valence-corrected chi connectivity index (χ1v) is 21.2. The summed E-state index contributed by atoms with van der Waals surface area (Å²) >= 11 is 7.39. The van der Waals surface area contributed by atoms with Crippen molar-refractivity contribution in [3.05, 3.63) is 130 Å². The minimum Gasteiger partial charge on any atom is -1.00 e. The van der Waals surface area contributed by atoms with E-state index in [1.54, 1.807) is 12.1 Å². The number of allylic oxidation sites excluding steroid dienone is 1. The highest BCUT2D eigenvalue weighted by atomic mass is 35.5. The van der Waals surface area contributed by atoms with E-state index in [1.807, 2.05) is 51.1 Å². The molecule has 0 aliphatic carbocycles. The van der Waals surface area contributed by atoms with Crippen LogP contribution in [0.15, 0.2) is 113 Å². The van der Waals surface area contributed by atoms with Crippen LogP contribution in [0.4, 0.5) is 11.4 Å². The molecule has 3 aromatic carbocycles. The van der Waals surface area contributed by atoms with Crippen LogP contribution < -0.4 is 34.5 Å². The van der Waals surface area contributed by atoms with E-state index in [4.69, 9.17) is 21.1 Å². The smallest absolute Gasteiger partial charge is 0.338 e. The third-order valence-electron chi connectivity index (χ3n) is 11.6. The zero-order valence-electron chi connectivity index (χ0n) is 37.0. The van der Waals surface area contributed by atoms with Crippen LogP contribution in [0, 0.1) is 5.92 Å². The quantitative estimate of drug-likeness (QED) is 0.0655. The van der Waals surface area contributed by atoms with E-state index in [1.165, 1.54) is 17.0 Å². The Morgan fingerprint density at radius 2 is 1.60 bits per heavy atom. The molecule has 0 amide bonds. The van der Waals surface area contributed by atoms with Gasteiger partial charge in [-0.3, -0.25) is 4.79 Å². The highest BCUT2D eigenvalue weighted by molar-refractivity contribution is 6.30. The molecule has 3 aliphatic heterocycles. The van der Waals surface area contributed by atoms with Gasteiger partial charge >= 0.3 is 11.9 Å². The average Bonchev–Trinajstić information content (AvgIpc) is 3.51. The molecule has 0 saturated heterocycles. The van der Waals surface area contributed by atoms with Crippen LogP contribution in [0.3, 0.4) is 0 Å². The number of rotatable bonds is 12. The lowest BCUT2D eigenvalue weighted by atomic mass is 9.80. The zero-order chi connectivity index (χ0) is 42.0. The fourth-order valence-electron chi connectivity index (χ4n) is 8.75. The van der Waals surface area contributed by atoms with Crippen LogP contribution in [0.1, 0.15) is 103 Å². The summed E-state index contributed by atoms with van der Waals surface area (Å²) in [6, 6.07) is 23.8. The topological polar surface area (TPSA) is 58.8 Å². The number of benzene rings is 3. The first kappa shape index (κ1) is 48.6. The van der Waals surface area contributed by atoms with Gasteiger partial charge in [0.2, 0.25) is 5.69 Å². The molecule has 0 spiro atoms. The number of likely N-dealkylation sites (N-methyl/N-ethyl adjacent to an activating group) is 1. The third kappa shape index (κ3) is 10.7. The van der Waals surface area contributed by atoms with Crippen molar-refractivity contribution in [2.24, 2.45) is 5.92 Å². The second-order valence-corrected chi connectivity index (χ2v) is 19.0. The molecule has 60 heavy (non-hydrogen) atoms. The van der Waals surface area contributed by atoms with Crippen LogP contribution in [0.25, 0.3) is 0 Å². The van der Waals surface area contributed by atoms with E-state index >= 15 is 0 Å². The maximum Gasteiger partial charge on any atom is 0.338 e. The van der Waals surface area contributed by atoms with Crippen LogP contribution in [-0.4, -0.2) is 72.6 Å². The minimum absolute atomic E-state index is 0. The van der Waals surface area contributed by atoms with Crippen molar-refractivity contribution < 1.29 is 52.9 Å². The number of unbranched alkanes of at least 4 members (excludes halogenated alkanes) is 2. The van der Waals surface area contributed by atoms with Crippen molar-refractivity contribution >= 4 is 40.6 Å². The highest BCUT2D eigenvalue weighted by Gasteiger charge is 2.45. The van der Waals surface area contributed by atoms with Gasteiger partial charge in [0.15, 0.2) is 5.71 Å². The average molecular weight is 875 g/mol. The van der Waals surface area contributed by atoms with Crippen LogP contribution in [0.2, 0.25) is 0 Å². The molecular weight excluding hydrogens is 813 g/mol. The Morgan fingerprint density at radius 3 is 2.28 bits per heavy atom. The van der Waals surface area contributed by atoms with Crippen molar-refractivity contribution in [1.82, 2.24) is 0 Å². The van der Waals surface area contributed by atoms with E-state index in [9.17, 15) is 9.59 Å². The molecule has 7 nitrogen and oxygen atoms in total. The molecule has 0 aromatic heterocycles. The summed E-state index contributed by atoms with van der Waals surface area (Å²) in [6.07, 6.45) is 9.67. The Balaban J connectivity index is 0.00000397. The second kappa shape index (κ2) is 19.3. The van der Waals surface area contributed by atoms with Gasteiger partial charge < -0.3 is 43.7 Å². The number of hydrogen-bond acceptors (Lipinski definition) is 5. The lowest BCUT2D eigenvalue weighted by Crippen LogP contribution is -3.00. The molecule has 10 heteroatoms. The molecule has 0 radical (unpaired) electrons. The van der Waals surface area contributed by atoms with E-state index in [0.29, 0.717) is 17.7 Å². The first-order valence-electron chi connectivity index (χ1n) is 20.8. The van der Waals surface area contributed by atoms with Crippen LogP contribution >= 0.6 is 11.6 Å². The molecule has 1 unspecified atom stereocenters. The fraction of sp³-hybridized carbons (Fsp3) is 0.440. The number of para-hydroxylation sites is 2. The number of carbonyl (C=O) groups excluding carboxylic acids is 2. The predicted molar refractivity (Wildman–Crippen MR) is 236 cm³/mol. The molecule has 1 atom stereocenters. The van der Waals surface area contributed by atoms with Crippen LogP contribution in [0.5, 0.6) is 5.75 Å². The maximum atomic E-state index is 13.0. The monoisotopic (exact) mass is 873 g/mol. The Labute approximate surface area is 375 Å². The SMILES string of the molecule is CC[N+]1=C(/C=C/C2=C(Cl)C(C=C=C3N(CCCCCC(=O)Oc4ccccc4)c4ccccc4C3(C)C)C[N+](C)(C)C2)C(C)(C)c2cc(C(=O)OC(C)(C)C)ccc21.[Cl-].[Cl-]. The van der Waals surface area contributed by atoms with E-state index in [2.05, 4.69) is 112 Å². The lowest BCUT2D eigenvalue weighted by Gasteiger charge is -2.37. The van der Waals surface area contributed by atoms with Gasteiger partial charge in [0.1, 0.15) is 24.4 Å². The van der Waals surface area contributed by atoms with Crippen molar-refractivity contribution in [2.75, 3.05) is 45.2 Å². The Morgan fingerprint density at radius 1 is 0.917 bits per heavy atom. The number of fused-ring (bicyclic) bond motifs is 2. The normalized spacial score (nSPS) is 18.6. The minimum atomic E-state index is -0.565. The summed E-state index contributed by atoms with van der Waals surface area (Å²) in [4.78, 5) is 27.9. The molecular formula is C50H62Cl3N3O4. The number of halogens is 3. The van der Waals surface area contributed by atoms with Gasteiger partial charge in [-0.1, -0.05) is 54.4 Å². The van der Waals surface area contributed by atoms with Gasteiger partial charge in [-0.2, -0.15) is 4.58 Å². The molecule has 0 fully saturated rings. The lowest BCUT2D eigenvalue weighted by molar-refractivity contribution is -0.889. The van der Waals surface area contributed by atoms with E-state index < -0.39 is 5.60 Å². The standard InChI is InChI=1S/C50H62ClN3O4.2ClH/c1-11-52-42-28-25-35(47(56)58-48(2,3)4)32-40(42)50(7,8)43(52)29-26-36-33-54(9,10)34-37(46(36)51)27-30-44-49(5,6)39-22-17-18-23-41(39)53(44)31-19-13-16-24-45(55)57-38-20-14-12-15-21-38;;/h12,14-15,17-18,20-23,25-29,32,37H,11,13,16,19,24,31,33-34H2,1-10H3;2*1H/q+2;;/p-2/b29-26+;;. The van der Waals surface area contributed by atoms with Gasteiger partial charge in [-0.05, 0) is 116 Å². The van der Waals surface area contributed by atoms with Gasteiger partial charge in [-0.15, -0.1) is 5.73 Å². The number of ether oxygens (including phenoxy) is 2. The Bertz CT molecular complexity index is 2220. The van der Waals surface area contributed by atoms with E-state index in [-0.39, 0.29) is 53.5 Å². The molecule has 322 valence electrons. The molecule has 0 N–H and O–H groups in total. The summed E-state index contributed by atoms with van der Waals surface area (Å²) in [5.74, 6) is 0.0812. The summed E-state index contributed by atoms with van der Waals surface area (Å²) < 4.78 is 14.3. The predicted octanol–water partition coefficient (Wildman–Crippen LogP) is 4.80. The van der Waals surface area contributed by atoms with Crippen molar-refractivity contribution in [1.29, 1.82) is 0 Å². The van der Waals surface area contributed by atoms with Crippen molar-refractivity contribution in [2.45, 2.75) is 97.5 Å². The van der Waals surface area contributed by atoms with Crippen LogP contribution in [-0.2, 0) is 20.4 Å².